The number of nitrogens with one attached hydrogen (secondary N) is 2. The fourth-order valence-electron chi connectivity index (χ4n) is 6.15. The number of aryl methyl sites for hydroxylation is 1. The van der Waals surface area contributed by atoms with Crippen molar-refractivity contribution in [2.45, 2.75) is 38.3 Å². The van der Waals surface area contributed by atoms with Gasteiger partial charge in [-0.15, -0.1) is 0 Å². The molecule has 1 aliphatic heterocycles. The zero-order valence-corrected chi connectivity index (χ0v) is 27.0. The maximum atomic E-state index is 13.6. The molecule has 0 atom stereocenters. The number of rotatable bonds is 7. The van der Waals surface area contributed by atoms with Crippen LogP contribution < -0.4 is 5.32 Å². The van der Waals surface area contributed by atoms with Crippen molar-refractivity contribution in [1.29, 1.82) is 0 Å². The zero-order chi connectivity index (χ0) is 31.3. The summed E-state index contributed by atoms with van der Waals surface area (Å²) in [4.78, 5) is 40.0. The topological polar surface area (TPSA) is 101 Å². The largest absolute Gasteiger partial charge is 0.405 e. The number of carbonyl (C=O) groups is 2. The summed E-state index contributed by atoms with van der Waals surface area (Å²) in [6, 6.07) is 28.0. The molecule has 0 spiro atoms. The van der Waals surface area contributed by atoms with Crippen LogP contribution in [0.5, 0.6) is 0 Å². The predicted octanol–water partition coefficient (Wildman–Crippen LogP) is 5.70. The molecule has 0 bridgehead atoms. The van der Waals surface area contributed by atoms with Gasteiger partial charge >= 0.3 is 0 Å². The number of fused-ring (bicyclic) bond motifs is 2. The molecule has 224 valence electrons. The van der Waals surface area contributed by atoms with Crippen molar-refractivity contribution in [3.63, 3.8) is 0 Å². The van der Waals surface area contributed by atoms with Gasteiger partial charge in [0.2, 0.25) is 0 Å². The van der Waals surface area contributed by atoms with Gasteiger partial charge in [0.05, 0.1) is 34.4 Å². The highest BCUT2D eigenvalue weighted by Crippen LogP contribution is 2.42. The molecule has 6 aromatic rings. The highest BCUT2D eigenvalue weighted by atomic mass is 28.2. The molecule has 3 aromatic carbocycles. The Hall–Kier alpha value is -5.12. The molecule has 0 saturated heterocycles. The van der Waals surface area contributed by atoms with Crippen LogP contribution in [0.15, 0.2) is 104 Å². The molecule has 7 rings (SSSR count). The first-order chi connectivity index (χ1) is 21.7. The van der Waals surface area contributed by atoms with E-state index in [0.717, 1.165) is 22.0 Å². The monoisotopic (exact) mass is 611 g/mol. The predicted molar refractivity (Wildman–Crippen MR) is 178 cm³/mol. The Labute approximate surface area is 263 Å². The summed E-state index contributed by atoms with van der Waals surface area (Å²) in [5, 5.41) is 3.40. The van der Waals surface area contributed by atoms with Crippen molar-refractivity contribution in [1.82, 2.24) is 24.7 Å². The Bertz CT molecular complexity index is 2090. The lowest BCUT2D eigenvalue weighted by Gasteiger charge is -2.37. The number of H-pyrrole nitrogens is 1. The molecule has 0 fully saturated rings. The maximum absolute atomic E-state index is 13.6. The van der Waals surface area contributed by atoms with E-state index in [1.54, 1.807) is 12.4 Å². The number of imidazole rings is 1. The van der Waals surface area contributed by atoms with Crippen molar-refractivity contribution < 1.29 is 14.0 Å². The first-order valence-corrected chi connectivity index (χ1v) is 16.2. The van der Waals surface area contributed by atoms with Crippen LogP contribution >= 0.6 is 0 Å². The van der Waals surface area contributed by atoms with Gasteiger partial charge in [0.1, 0.15) is 0 Å². The Morgan fingerprint density at radius 3 is 2.11 bits per heavy atom. The molecule has 0 saturated carbocycles. The zero-order valence-electron chi connectivity index (χ0n) is 25.6. The number of aromatic amines is 1. The number of imide groups is 1. The van der Waals surface area contributed by atoms with Crippen LogP contribution in [0.3, 0.4) is 0 Å². The Morgan fingerprint density at radius 1 is 0.822 bits per heavy atom. The van der Waals surface area contributed by atoms with E-state index < -0.39 is 27.2 Å². The van der Waals surface area contributed by atoms with Crippen LogP contribution in [-0.2, 0) is 19.6 Å². The van der Waals surface area contributed by atoms with Crippen LogP contribution in [0.25, 0.3) is 27.7 Å². The SMILES string of the molecule is Cc1nc2cnc(C(O[SiH2]C(C)(C)C)(c3ccccc3)c3ccccc3)cn2c1C1=C(c2c[nH]c3ccccc23)C(=O)NC1=O. The van der Waals surface area contributed by atoms with Crippen LogP contribution in [0.4, 0.5) is 0 Å². The number of hydrogen-bond donors (Lipinski definition) is 2. The highest BCUT2D eigenvalue weighted by molar-refractivity contribution is 6.50. The summed E-state index contributed by atoms with van der Waals surface area (Å²) in [7, 11) is -1.12. The van der Waals surface area contributed by atoms with E-state index >= 15 is 0 Å². The number of carbonyl (C=O) groups excluding carboxylic acids is 2. The van der Waals surface area contributed by atoms with Gasteiger partial charge in [0.25, 0.3) is 11.8 Å². The third-order valence-corrected chi connectivity index (χ3v) is 9.60. The van der Waals surface area contributed by atoms with Gasteiger partial charge in [-0.25, -0.2) is 4.98 Å². The van der Waals surface area contributed by atoms with Crippen LogP contribution in [0.2, 0.25) is 5.04 Å². The average molecular weight is 612 g/mol. The molecule has 0 aliphatic carbocycles. The fraction of sp³-hybridized carbons (Fsp3) is 0.167. The lowest BCUT2D eigenvalue weighted by molar-refractivity contribution is -0.122. The molecule has 2 N–H and O–H groups in total. The number of nitrogens with zero attached hydrogens (tertiary/aromatic N) is 3. The summed E-state index contributed by atoms with van der Waals surface area (Å²) in [6.45, 7) is 8.44. The normalized spacial score (nSPS) is 14.4. The minimum Gasteiger partial charge on any atom is -0.405 e. The van der Waals surface area contributed by atoms with Gasteiger partial charge in [0.15, 0.2) is 21.0 Å². The third-order valence-electron chi connectivity index (χ3n) is 8.15. The molecule has 3 aromatic heterocycles. The molecule has 0 unspecified atom stereocenters. The third kappa shape index (κ3) is 4.81. The second kappa shape index (κ2) is 10.8. The van der Waals surface area contributed by atoms with Crippen molar-refractivity contribution in [2.75, 3.05) is 0 Å². The number of amides is 2. The first kappa shape index (κ1) is 28.6. The summed E-state index contributed by atoms with van der Waals surface area (Å²) in [6.07, 6.45) is 5.41. The Morgan fingerprint density at radius 2 is 1.44 bits per heavy atom. The van der Waals surface area contributed by atoms with Crippen LogP contribution in [-0.4, -0.2) is 40.9 Å². The van der Waals surface area contributed by atoms with Gasteiger partial charge in [-0.2, -0.15) is 0 Å². The summed E-state index contributed by atoms with van der Waals surface area (Å²) < 4.78 is 9.01. The maximum Gasteiger partial charge on any atom is 0.261 e. The Balaban J connectivity index is 1.51. The quantitative estimate of drug-likeness (QED) is 0.178. The average Bonchev–Trinajstić information content (AvgIpc) is 3.69. The van der Waals surface area contributed by atoms with Crippen molar-refractivity contribution in [3.8, 4) is 0 Å². The number of para-hydroxylation sites is 1. The molecule has 8 nitrogen and oxygen atoms in total. The second-order valence-electron chi connectivity index (χ2n) is 12.6. The summed E-state index contributed by atoms with van der Waals surface area (Å²) in [5.74, 6) is -0.900. The lowest BCUT2D eigenvalue weighted by Crippen LogP contribution is -2.37. The van der Waals surface area contributed by atoms with Crippen molar-refractivity contribution in [2.24, 2.45) is 0 Å². The second-order valence-corrected chi connectivity index (χ2v) is 15.3. The van der Waals surface area contributed by atoms with Gasteiger partial charge < -0.3 is 9.41 Å². The van der Waals surface area contributed by atoms with E-state index in [9.17, 15) is 9.59 Å². The Kier molecular flexibility index (Phi) is 6.87. The number of hydrogen-bond acceptors (Lipinski definition) is 5. The van der Waals surface area contributed by atoms with Gasteiger partial charge in [0, 0.05) is 28.9 Å². The van der Waals surface area contributed by atoms with E-state index in [2.05, 4.69) is 55.3 Å². The van der Waals surface area contributed by atoms with E-state index in [4.69, 9.17) is 14.4 Å². The van der Waals surface area contributed by atoms with Gasteiger partial charge in [-0.1, -0.05) is 99.6 Å². The van der Waals surface area contributed by atoms with Crippen molar-refractivity contribution in [3.05, 3.63) is 137 Å². The molecule has 2 amide bonds. The summed E-state index contributed by atoms with van der Waals surface area (Å²) in [5.41, 5.74) is 5.38. The first-order valence-electron chi connectivity index (χ1n) is 14.9. The van der Waals surface area contributed by atoms with Crippen molar-refractivity contribution >= 4 is 49.3 Å². The van der Waals surface area contributed by atoms with E-state index in [0.29, 0.717) is 33.9 Å². The molecule has 4 heterocycles. The molecule has 1 aliphatic rings. The van der Waals surface area contributed by atoms with E-state index in [1.165, 1.54) is 0 Å². The molecule has 9 heteroatoms. The summed E-state index contributed by atoms with van der Waals surface area (Å²) >= 11 is 0. The van der Waals surface area contributed by atoms with Crippen LogP contribution in [0.1, 0.15) is 54.5 Å². The highest BCUT2D eigenvalue weighted by Gasteiger charge is 2.41. The minimum absolute atomic E-state index is 0.00297. The van der Waals surface area contributed by atoms with E-state index in [1.807, 2.05) is 78.2 Å². The van der Waals surface area contributed by atoms with E-state index in [-0.39, 0.29) is 10.6 Å². The molecule has 0 radical (unpaired) electrons. The minimum atomic E-state index is -1.12. The fourth-order valence-corrected chi connectivity index (χ4v) is 7.28. The van der Waals surface area contributed by atoms with Gasteiger partial charge in [-0.3, -0.25) is 24.3 Å². The molecule has 45 heavy (non-hydrogen) atoms. The molecular formula is C36H33N5O3Si. The van der Waals surface area contributed by atoms with Gasteiger partial charge in [-0.05, 0) is 29.2 Å². The number of aromatic nitrogens is 4. The number of benzene rings is 3. The smallest absolute Gasteiger partial charge is 0.261 e. The lowest BCUT2D eigenvalue weighted by atomic mass is 9.83. The molecular weight excluding hydrogens is 579 g/mol. The van der Waals surface area contributed by atoms with Crippen LogP contribution in [0, 0.1) is 6.92 Å². The standard InChI is InChI=1S/C36H33N5O3Si/c1-22-32(31-30(33(42)40-34(31)43)26-19-37-27-18-12-11-17-25(26)27)41-21-28(38-20-29(41)39-22)36(44-45-35(2,3)4,23-13-7-5-8-14-23)24-15-9-6-10-16-24/h5-21,37H,45H2,1-4H3,(H,40,42,43).